The Morgan fingerprint density at radius 3 is 2.23 bits per heavy atom. The van der Waals surface area contributed by atoms with E-state index in [0.717, 1.165) is 22.5 Å². The van der Waals surface area contributed by atoms with Crippen LogP contribution in [-0.2, 0) is 11.3 Å². The Morgan fingerprint density at radius 1 is 0.900 bits per heavy atom. The van der Waals surface area contributed by atoms with E-state index in [1.165, 1.54) is 11.8 Å². The standard InChI is InChI=1S/C23H24N4O2S/c1-15-16(2)25-23(26-17(15)3)30-14-21(28)27-20-12-8-7-11-19(20)22(29)24-13-18-9-5-4-6-10-18/h4-12H,13-14H2,1-3H3,(H,24,29)(H,27,28). The fraction of sp³-hybridized carbons (Fsp3) is 0.217. The van der Waals surface area contributed by atoms with Gasteiger partial charge in [-0.05, 0) is 44.0 Å². The number of nitrogens with zero attached hydrogens (tertiary/aromatic N) is 2. The molecule has 3 rings (SSSR count). The van der Waals surface area contributed by atoms with E-state index in [0.29, 0.717) is 23.0 Å². The minimum atomic E-state index is -0.240. The number of nitrogens with one attached hydrogen (secondary N) is 2. The maximum atomic E-state index is 12.6. The van der Waals surface area contributed by atoms with Crippen molar-refractivity contribution in [1.29, 1.82) is 0 Å². The smallest absolute Gasteiger partial charge is 0.253 e. The van der Waals surface area contributed by atoms with Crippen molar-refractivity contribution in [2.45, 2.75) is 32.5 Å². The van der Waals surface area contributed by atoms with Crippen molar-refractivity contribution in [3.8, 4) is 0 Å². The molecule has 0 aliphatic carbocycles. The van der Waals surface area contributed by atoms with Crippen LogP contribution in [0.3, 0.4) is 0 Å². The van der Waals surface area contributed by atoms with Crippen molar-refractivity contribution in [2.75, 3.05) is 11.1 Å². The predicted octanol–water partition coefficient (Wildman–Crippen LogP) is 4.06. The van der Waals surface area contributed by atoms with Gasteiger partial charge < -0.3 is 10.6 Å². The van der Waals surface area contributed by atoms with Crippen molar-refractivity contribution in [3.05, 3.63) is 82.7 Å². The Kier molecular flexibility index (Phi) is 7.19. The van der Waals surface area contributed by atoms with Crippen molar-refractivity contribution in [2.24, 2.45) is 0 Å². The van der Waals surface area contributed by atoms with Crippen LogP contribution in [0.4, 0.5) is 5.69 Å². The molecule has 6 nitrogen and oxygen atoms in total. The zero-order valence-electron chi connectivity index (χ0n) is 17.2. The van der Waals surface area contributed by atoms with Gasteiger partial charge in [0.25, 0.3) is 5.91 Å². The first-order valence-electron chi connectivity index (χ1n) is 9.59. The number of aryl methyl sites for hydroxylation is 2. The van der Waals surface area contributed by atoms with Gasteiger partial charge in [0.15, 0.2) is 5.16 Å². The van der Waals surface area contributed by atoms with Gasteiger partial charge in [-0.15, -0.1) is 0 Å². The quantitative estimate of drug-likeness (QED) is 0.445. The Hall–Kier alpha value is -3.19. The summed E-state index contributed by atoms with van der Waals surface area (Å²) in [6.45, 7) is 6.25. The monoisotopic (exact) mass is 420 g/mol. The lowest BCUT2D eigenvalue weighted by Crippen LogP contribution is -2.25. The first-order chi connectivity index (χ1) is 14.4. The number of benzene rings is 2. The number of hydrogen-bond acceptors (Lipinski definition) is 5. The highest BCUT2D eigenvalue weighted by molar-refractivity contribution is 7.99. The van der Waals surface area contributed by atoms with E-state index in [1.807, 2.05) is 51.1 Å². The topological polar surface area (TPSA) is 84.0 Å². The lowest BCUT2D eigenvalue weighted by Gasteiger charge is -2.12. The van der Waals surface area contributed by atoms with Gasteiger partial charge in [0.2, 0.25) is 5.91 Å². The van der Waals surface area contributed by atoms with Crippen molar-refractivity contribution in [3.63, 3.8) is 0 Å². The van der Waals surface area contributed by atoms with Crippen LogP contribution in [0.2, 0.25) is 0 Å². The van der Waals surface area contributed by atoms with Crippen molar-refractivity contribution >= 4 is 29.3 Å². The first kappa shape index (κ1) is 21.5. The summed E-state index contributed by atoms with van der Waals surface area (Å²) >= 11 is 1.27. The zero-order valence-corrected chi connectivity index (χ0v) is 18.0. The molecule has 2 amide bonds. The highest BCUT2D eigenvalue weighted by atomic mass is 32.2. The van der Waals surface area contributed by atoms with E-state index < -0.39 is 0 Å². The molecule has 0 aliphatic heterocycles. The average Bonchev–Trinajstić information content (AvgIpc) is 2.75. The fourth-order valence-corrected chi connectivity index (χ4v) is 3.52. The predicted molar refractivity (Wildman–Crippen MR) is 120 cm³/mol. The van der Waals surface area contributed by atoms with Gasteiger partial charge in [-0.25, -0.2) is 9.97 Å². The van der Waals surface area contributed by atoms with E-state index in [1.54, 1.807) is 24.3 Å². The molecule has 2 aromatic carbocycles. The van der Waals surface area contributed by atoms with Crippen LogP contribution < -0.4 is 10.6 Å². The molecule has 0 unspecified atom stereocenters. The summed E-state index contributed by atoms with van der Waals surface area (Å²) in [5.74, 6) is -0.305. The summed E-state index contributed by atoms with van der Waals surface area (Å²) in [6, 6.07) is 16.6. The molecule has 0 aliphatic rings. The number of carbonyl (C=O) groups is 2. The third-order valence-electron chi connectivity index (χ3n) is 4.69. The number of anilines is 1. The zero-order chi connectivity index (χ0) is 21.5. The number of aromatic nitrogens is 2. The first-order valence-corrected chi connectivity index (χ1v) is 10.6. The summed E-state index contributed by atoms with van der Waals surface area (Å²) in [5.41, 5.74) is 4.78. The molecule has 1 aromatic heterocycles. The van der Waals surface area contributed by atoms with Gasteiger partial charge in [0.1, 0.15) is 0 Å². The summed E-state index contributed by atoms with van der Waals surface area (Å²) in [7, 11) is 0. The third kappa shape index (κ3) is 5.67. The summed E-state index contributed by atoms with van der Waals surface area (Å²) in [6.07, 6.45) is 0. The number of thioether (sulfide) groups is 1. The molecule has 1 heterocycles. The van der Waals surface area contributed by atoms with Gasteiger partial charge in [0, 0.05) is 17.9 Å². The molecule has 154 valence electrons. The van der Waals surface area contributed by atoms with Crippen LogP contribution in [0.1, 0.15) is 32.9 Å². The van der Waals surface area contributed by atoms with Crippen molar-refractivity contribution < 1.29 is 9.59 Å². The Balaban J connectivity index is 1.61. The highest BCUT2D eigenvalue weighted by Gasteiger charge is 2.14. The van der Waals surface area contributed by atoms with Crippen LogP contribution in [0.15, 0.2) is 59.8 Å². The molecule has 0 bridgehead atoms. The molecular weight excluding hydrogens is 396 g/mol. The lowest BCUT2D eigenvalue weighted by atomic mass is 10.1. The largest absolute Gasteiger partial charge is 0.348 e. The SMILES string of the molecule is Cc1nc(SCC(=O)Nc2ccccc2C(=O)NCc2ccccc2)nc(C)c1C. The van der Waals surface area contributed by atoms with Crippen LogP contribution in [0, 0.1) is 20.8 Å². The summed E-state index contributed by atoms with van der Waals surface area (Å²) in [5, 5.41) is 6.28. The minimum Gasteiger partial charge on any atom is -0.348 e. The van der Waals surface area contributed by atoms with Gasteiger partial charge in [0.05, 0.1) is 17.0 Å². The molecule has 0 radical (unpaired) electrons. The van der Waals surface area contributed by atoms with E-state index in [-0.39, 0.29) is 17.6 Å². The molecule has 0 saturated carbocycles. The van der Waals surface area contributed by atoms with Crippen LogP contribution in [0.25, 0.3) is 0 Å². The average molecular weight is 421 g/mol. The van der Waals surface area contributed by atoms with E-state index in [4.69, 9.17) is 0 Å². The Labute approximate surface area is 180 Å². The summed E-state index contributed by atoms with van der Waals surface area (Å²) < 4.78 is 0. The molecule has 0 atom stereocenters. The maximum Gasteiger partial charge on any atom is 0.253 e. The minimum absolute atomic E-state index is 0.155. The number of rotatable bonds is 7. The molecule has 7 heteroatoms. The molecule has 3 aromatic rings. The second-order valence-electron chi connectivity index (χ2n) is 6.85. The van der Waals surface area contributed by atoms with Crippen LogP contribution in [-0.4, -0.2) is 27.5 Å². The molecule has 0 fully saturated rings. The second kappa shape index (κ2) is 10.0. The van der Waals surface area contributed by atoms with Gasteiger partial charge in [-0.1, -0.05) is 54.2 Å². The Bertz CT molecular complexity index is 1030. The fourth-order valence-electron chi connectivity index (χ4n) is 2.79. The third-order valence-corrected chi connectivity index (χ3v) is 5.53. The van der Waals surface area contributed by atoms with Gasteiger partial charge >= 0.3 is 0 Å². The summed E-state index contributed by atoms with van der Waals surface area (Å²) in [4.78, 5) is 33.9. The number of carbonyl (C=O) groups excluding carboxylic acids is 2. The molecule has 30 heavy (non-hydrogen) atoms. The number of hydrogen-bond donors (Lipinski definition) is 2. The second-order valence-corrected chi connectivity index (χ2v) is 7.80. The lowest BCUT2D eigenvalue weighted by molar-refractivity contribution is -0.113. The molecular formula is C23H24N4O2S. The normalized spacial score (nSPS) is 10.5. The van der Waals surface area contributed by atoms with Crippen LogP contribution >= 0.6 is 11.8 Å². The van der Waals surface area contributed by atoms with E-state index in [9.17, 15) is 9.59 Å². The highest BCUT2D eigenvalue weighted by Crippen LogP contribution is 2.19. The Morgan fingerprint density at radius 2 is 1.53 bits per heavy atom. The number of amides is 2. The van der Waals surface area contributed by atoms with E-state index in [2.05, 4.69) is 20.6 Å². The number of para-hydroxylation sites is 1. The van der Waals surface area contributed by atoms with Gasteiger partial charge in [-0.3, -0.25) is 9.59 Å². The van der Waals surface area contributed by atoms with Crippen molar-refractivity contribution in [1.82, 2.24) is 15.3 Å². The van der Waals surface area contributed by atoms with Crippen LogP contribution in [0.5, 0.6) is 0 Å². The van der Waals surface area contributed by atoms with E-state index >= 15 is 0 Å². The maximum absolute atomic E-state index is 12.6. The molecule has 0 saturated heterocycles. The molecule has 2 N–H and O–H groups in total. The molecule has 0 spiro atoms. The van der Waals surface area contributed by atoms with Gasteiger partial charge in [-0.2, -0.15) is 0 Å².